The summed E-state index contributed by atoms with van der Waals surface area (Å²) < 4.78 is 4.90. The Morgan fingerprint density at radius 2 is 1.67 bits per heavy atom. The van der Waals surface area contributed by atoms with Crippen molar-refractivity contribution in [3.8, 4) is 0 Å². The lowest BCUT2D eigenvalue weighted by atomic mass is 9.76. The molecule has 1 heterocycles. The first-order chi connectivity index (χ1) is 8.19. The molecule has 1 fully saturated rings. The van der Waals surface area contributed by atoms with E-state index in [1.165, 1.54) is 18.3 Å². The number of allylic oxidation sites excluding steroid dienone is 1. The number of ether oxygens (including phenoxy) is 1. The standard InChI is InChI=1S/C15H23NO2/c1-9-7-11-12(8-10(9)13(17)18-6)15(4,5)16-14(11,2)3/h7-10,16H,1-6H3. The SMILES string of the molecule is COC(=O)C1C=C2C(=CC1C)C(C)(C)NC2(C)C. The molecule has 2 unspecified atom stereocenters. The minimum absolute atomic E-state index is 0.0370. The third kappa shape index (κ3) is 1.91. The van der Waals surface area contributed by atoms with Crippen LogP contribution < -0.4 is 5.32 Å². The minimum Gasteiger partial charge on any atom is -0.469 e. The topological polar surface area (TPSA) is 38.3 Å². The average molecular weight is 249 g/mol. The van der Waals surface area contributed by atoms with Gasteiger partial charge in [0, 0.05) is 11.1 Å². The van der Waals surface area contributed by atoms with Gasteiger partial charge in [0.15, 0.2) is 0 Å². The Hall–Kier alpha value is -1.09. The molecule has 1 N–H and O–H groups in total. The number of rotatable bonds is 1. The van der Waals surface area contributed by atoms with Gasteiger partial charge in [-0.3, -0.25) is 10.1 Å². The Labute approximate surface area is 109 Å². The molecule has 2 atom stereocenters. The molecule has 0 spiro atoms. The number of fused-ring (bicyclic) bond motifs is 1. The van der Waals surface area contributed by atoms with Crippen molar-refractivity contribution >= 4 is 5.97 Å². The van der Waals surface area contributed by atoms with Gasteiger partial charge in [0.25, 0.3) is 0 Å². The minimum atomic E-state index is -0.163. The lowest BCUT2D eigenvalue weighted by Crippen LogP contribution is -2.43. The zero-order valence-electron chi connectivity index (χ0n) is 12.1. The van der Waals surface area contributed by atoms with E-state index in [9.17, 15) is 4.79 Å². The smallest absolute Gasteiger partial charge is 0.313 e. The van der Waals surface area contributed by atoms with Crippen LogP contribution >= 0.6 is 0 Å². The molecular weight excluding hydrogens is 226 g/mol. The zero-order valence-corrected chi connectivity index (χ0v) is 12.1. The molecule has 0 radical (unpaired) electrons. The van der Waals surface area contributed by atoms with E-state index in [1.807, 2.05) is 0 Å². The number of hydrogen-bond acceptors (Lipinski definition) is 3. The van der Waals surface area contributed by atoms with Crippen LogP contribution in [0.2, 0.25) is 0 Å². The Kier molecular flexibility index (Phi) is 2.93. The second-order valence-electron chi connectivity index (χ2n) is 6.44. The van der Waals surface area contributed by atoms with Gasteiger partial charge in [0.1, 0.15) is 0 Å². The lowest BCUT2D eigenvalue weighted by molar-refractivity contribution is -0.144. The predicted octanol–water partition coefficient (Wildman–Crippen LogP) is 2.44. The van der Waals surface area contributed by atoms with Crippen molar-refractivity contribution in [2.24, 2.45) is 11.8 Å². The van der Waals surface area contributed by atoms with Crippen molar-refractivity contribution in [1.82, 2.24) is 5.32 Å². The zero-order chi connectivity index (χ0) is 13.7. The molecule has 2 rings (SSSR count). The molecule has 0 aromatic heterocycles. The Morgan fingerprint density at radius 1 is 1.17 bits per heavy atom. The van der Waals surface area contributed by atoms with Gasteiger partial charge in [-0.15, -0.1) is 0 Å². The molecule has 1 saturated heterocycles. The predicted molar refractivity (Wildman–Crippen MR) is 72.1 cm³/mol. The molecule has 0 saturated carbocycles. The summed E-state index contributed by atoms with van der Waals surface area (Å²) in [5.41, 5.74) is 2.42. The van der Waals surface area contributed by atoms with Crippen molar-refractivity contribution in [1.29, 1.82) is 0 Å². The van der Waals surface area contributed by atoms with Gasteiger partial charge in [-0.25, -0.2) is 0 Å². The molecule has 1 aliphatic carbocycles. The van der Waals surface area contributed by atoms with Crippen LogP contribution in [0.4, 0.5) is 0 Å². The van der Waals surface area contributed by atoms with Crippen molar-refractivity contribution in [3.05, 3.63) is 23.3 Å². The van der Waals surface area contributed by atoms with Gasteiger partial charge in [-0.2, -0.15) is 0 Å². The maximum atomic E-state index is 11.8. The van der Waals surface area contributed by atoms with Crippen molar-refractivity contribution < 1.29 is 9.53 Å². The first kappa shape index (κ1) is 13.3. The summed E-state index contributed by atoms with van der Waals surface area (Å²) in [4.78, 5) is 11.8. The Bertz CT molecular complexity index is 443. The second kappa shape index (κ2) is 3.95. The fourth-order valence-corrected chi connectivity index (χ4v) is 3.30. The van der Waals surface area contributed by atoms with Crippen LogP contribution in [0.15, 0.2) is 23.3 Å². The Morgan fingerprint density at radius 3 is 2.17 bits per heavy atom. The summed E-state index contributed by atoms with van der Waals surface area (Å²) in [7, 11) is 1.45. The van der Waals surface area contributed by atoms with Crippen LogP contribution in [0, 0.1) is 11.8 Å². The van der Waals surface area contributed by atoms with Gasteiger partial charge < -0.3 is 4.74 Å². The molecule has 18 heavy (non-hydrogen) atoms. The first-order valence-electron chi connectivity index (χ1n) is 6.51. The summed E-state index contributed by atoms with van der Waals surface area (Å²) in [5.74, 6) is -0.124. The van der Waals surface area contributed by atoms with Gasteiger partial charge >= 0.3 is 5.97 Å². The quantitative estimate of drug-likeness (QED) is 0.725. The van der Waals surface area contributed by atoms with E-state index in [0.717, 1.165) is 0 Å². The summed E-state index contributed by atoms with van der Waals surface area (Å²) in [5, 5.41) is 3.62. The number of hydrogen-bond donors (Lipinski definition) is 1. The normalized spacial score (nSPS) is 32.3. The molecule has 2 aliphatic rings. The summed E-state index contributed by atoms with van der Waals surface area (Å²) in [6.45, 7) is 10.8. The summed E-state index contributed by atoms with van der Waals surface area (Å²) in [6, 6.07) is 0. The fourth-order valence-electron chi connectivity index (χ4n) is 3.30. The highest BCUT2D eigenvalue weighted by Crippen LogP contribution is 2.45. The molecule has 100 valence electrons. The third-order valence-corrected chi connectivity index (χ3v) is 4.08. The molecule has 1 aliphatic heterocycles. The maximum Gasteiger partial charge on any atom is 0.313 e. The van der Waals surface area contributed by atoms with Crippen molar-refractivity contribution in [2.45, 2.75) is 45.7 Å². The number of esters is 1. The van der Waals surface area contributed by atoms with Crippen LogP contribution in [-0.4, -0.2) is 24.2 Å². The maximum absolute atomic E-state index is 11.8. The highest BCUT2D eigenvalue weighted by atomic mass is 16.5. The van der Waals surface area contributed by atoms with Crippen LogP contribution in [-0.2, 0) is 9.53 Å². The molecular formula is C15H23NO2. The number of carbonyl (C=O) groups is 1. The van der Waals surface area contributed by atoms with Crippen molar-refractivity contribution in [2.75, 3.05) is 7.11 Å². The van der Waals surface area contributed by atoms with E-state index in [-0.39, 0.29) is 28.9 Å². The van der Waals surface area contributed by atoms with E-state index < -0.39 is 0 Å². The number of methoxy groups -OCH3 is 1. The monoisotopic (exact) mass is 249 g/mol. The van der Waals surface area contributed by atoms with E-state index in [0.29, 0.717) is 0 Å². The van der Waals surface area contributed by atoms with Gasteiger partial charge in [-0.05, 0) is 44.8 Å². The molecule has 0 aromatic rings. The van der Waals surface area contributed by atoms with E-state index >= 15 is 0 Å². The van der Waals surface area contributed by atoms with E-state index in [4.69, 9.17) is 4.74 Å². The molecule has 3 heteroatoms. The van der Waals surface area contributed by atoms with E-state index in [2.05, 4.69) is 52.1 Å². The second-order valence-corrected chi connectivity index (χ2v) is 6.44. The van der Waals surface area contributed by atoms with Crippen LogP contribution in [0.3, 0.4) is 0 Å². The van der Waals surface area contributed by atoms with Crippen LogP contribution in [0.5, 0.6) is 0 Å². The largest absolute Gasteiger partial charge is 0.469 e. The van der Waals surface area contributed by atoms with E-state index in [1.54, 1.807) is 0 Å². The molecule has 0 amide bonds. The first-order valence-corrected chi connectivity index (χ1v) is 6.51. The highest BCUT2D eigenvalue weighted by molar-refractivity contribution is 5.77. The van der Waals surface area contributed by atoms with Crippen molar-refractivity contribution in [3.63, 3.8) is 0 Å². The van der Waals surface area contributed by atoms with Gasteiger partial charge in [0.2, 0.25) is 0 Å². The van der Waals surface area contributed by atoms with Gasteiger partial charge in [-0.1, -0.05) is 19.1 Å². The molecule has 0 aromatic carbocycles. The fraction of sp³-hybridized carbons (Fsp3) is 0.667. The molecule has 0 bridgehead atoms. The third-order valence-electron chi connectivity index (χ3n) is 4.08. The van der Waals surface area contributed by atoms with Gasteiger partial charge in [0.05, 0.1) is 13.0 Å². The summed E-state index contributed by atoms with van der Waals surface area (Å²) >= 11 is 0. The Balaban J connectivity index is 2.46. The van der Waals surface area contributed by atoms with Crippen LogP contribution in [0.1, 0.15) is 34.6 Å². The number of carbonyl (C=O) groups excluding carboxylic acids is 1. The summed E-state index contributed by atoms with van der Waals surface area (Å²) in [6.07, 6.45) is 4.31. The average Bonchev–Trinajstić information content (AvgIpc) is 2.42. The molecule has 3 nitrogen and oxygen atoms in total. The number of nitrogens with one attached hydrogen (secondary N) is 1. The van der Waals surface area contributed by atoms with Crippen LogP contribution in [0.25, 0.3) is 0 Å². The highest BCUT2D eigenvalue weighted by Gasteiger charge is 2.46. The lowest BCUT2D eigenvalue weighted by Gasteiger charge is -2.27.